The van der Waals surface area contributed by atoms with Gasteiger partial charge in [-0.1, -0.05) is 13.8 Å². The molecule has 1 aromatic rings. The number of carbonyl (C=O) groups is 1. The van der Waals surface area contributed by atoms with Crippen LogP contribution in [0.1, 0.15) is 48.7 Å². The number of nitrogens with one attached hydrogen (secondary N) is 1. The third kappa shape index (κ3) is 4.49. The number of carboxylic acid groups (broad SMARTS) is 1. The molecular formula is C15H22N2O3. The molecule has 2 N–H and O–H groups in total. The Labute approximate surface area is 119 Å². The SMILES string of the molecule is CC(C)c1cc(C(=O)O)cc(NCCOCC2CC2)n1. The lowest BCUT2D eigenvalue weighted by Crippen LogP contribution is -2.13. The third-order valence-corrected chi connectivity index (χ3v) is 3.29. The molecule has 2 rings (SSSR count). The van der Waals surface area contributed by atoms with E-state index in [-0.39, 0.29) is 11.5 Å². The highest BCUT2D eigenvalue weighted by molar-refractivity contribution is 5.88. The van der Waals surface area contributed by atoms with Crippen molar-refractivity contribution in [2.24, 2.45) is 5.92 Å². The first-order chi connectivity index (χ1) is 9.56. The van der Waals surface area contributed by atoms with E-state index in [0.717, 1.165) is 18.2 Å². The second-order valence-electron chi connectivity index (χ2n) is 5.57. The zero-order valence-corrected chi connectivity index (χ0v) is 12.1. The lowest BCUT2D eigenvalue weighted by atomic mass is 10.1. The molecule has 0 unspecified atom stereocenters. The number of ether oxygens (including phenoxy) is 1. The summed E-state index contributed by atoms with van der Waals surface area (Å²) in [6.45, 7) is 6.08. The molecule has 5 heteroatoms. The van der Waals surface area contributed by atoms with Crippen molar-refractivity contribution in [3.8, 4) is 0 Å². The van der Waals surface area contributed by atoms with Crippen LogP contribution in [0.2, 0.25) is 0 Å². The summed E-state index contributed by atoms with van der Waals surface area (Å²) >= 11 is 0. The fourth-order valence-electron chi connectivity index (χ4n) is 1.85. The summed E-state index contributed by atoms with van der Waals surface area (Å²) in [5, 5.41) is 12.2. The van der Waals surface area contributed by atoms with E-state index in [1.165, 1.54) is 12.8 Å². The van der Waals surface area contributed by atoms with Gasteiger partial charge in [0.25, 0.3) is 0 Å². The van der Waals surface area contributed by atoms with Crippen LogP contribution in [0.25, 0.3) is 0 Å². The van der Waals surface area contributed by atoms with Crippen molar-refractivity contribution in [2.75, 3.05) is 25.1 Å². The van der Waals surface area contributed by atoms with E-state index in [1.807, 2.05) is 13.8 Å². The smallest absolute Gasteiger partial charge is 0.335 e. The van der Waals surface area contributed by atoms with Crippen LogP contribution in [-0.4, -0.2) is 35.8 Å². The van der Waals surface area contributed by atoms with Crippen molar-refractivity contribution in [1.82, 2.24) is 4.98 Å². The highest BCUT2D eigenvalue weighted by Gasteiger charge is 2.20. The van der Waals surface area contributed by atoms with Gasteiger partial charge < -0.3 is 15.2 Å². The van der Waals surface area contributed by atoms with E-state index in [1.54, 1.807) is 12.1 Å². The van der Waals surface area contributed by atoms with Crippen molar-refractivity contribution in [2.45, 2.75) is 32.6 Å². The summed E-state index contributed by atoms with van der Waals surface area (Å²) in [6, 6.07) is 3.19. The van der Waals surface area contributed by atoms with Crippen LogP contribution in [0.15, 0.2) is 12.1 Å². The number of carboxylic acids is 1. The number of anilines is 1. The number of hydrogen-bond donors (Lipinski definition) is 2. The first-order valence-electron chi connectivity index (χ1n) is 7.13. The number of nitrogens with zero attached hydrogens (tertiary/aromatic N) is 1. The molecule has 110 valence electrons. The summed E-state index contributed by atoms with van der Waals surface area (Å²) < 4.78 is 5.53. The lowest BCUT2D eigenvalue weighted by Gasteiger charge is -2.11. The van der Waals surface area contributed by atoms with Crippen molar-refractivity contribution in [3.63, 3.8) is 0 Å². The van der Waals surface area contributed by atoms with Crippen molar-refractivity contribution in [1.29, 1.82) is 0 Å². The number of hydrogen-bond acceptors (Lipinski definition) is 4. The summed E-state index contributed by atoms with van der Waals surface area (Å²) in [4.78, 5) is 15.5. The Kier molecular flexibility index (Phi) is 4.95. The molecule has 0 spiro atoms. The Morgan fingerprint density at radius 2 is 2.25 bits per heavy atom. The Morgan fingerprint density at radius 1 is 1.50 bits per heavy atom. The largest absolute Gasteiger partial charge is 0.478 e. The van der Waals surface area contributed by atoms with Crippen molar-refractivity contribution in [3.05, 3.63) is 23.4 Å². The monoisotopic (exact) mass is 278 g/mol. The van der Waals surface area contributed by atoms with Gasteiger partial charge in [-0.25, -0.2) is 9.78 Å². The first kappa shape index (κ1) is 14.8. The van der Waals surface area contributed by atoms with E-state index < -0.39 is 5.97 Å². The average molecular weight is 278 g/mol. The molecule has 1 saturated carbocycles. The van der Waals surface area contributed by atoms with Crippen LogP contribution < -0.4 is 5.32 Å². The molecule has 0 bridgehead atoms. The van der Waals surface area contributed by atoms with Gasteiger partial charge in [-0.2, -0.15) is 0 Å². The molecule has 0 amide bonds. The van der Waals surface area contributed by atoms with Gasteiger partial charge in [0.2, 0.25) is 0 Å². The number of aromatic carboxylic acids is 1. The standard InChI is InChI=1S/C15H22N2O3/c1-10(2)13-7-12(15(18)19)8-14(17-13)16-5-6-20-9-11-3-4-11/h7-8,10-11H,3-6,9H2,1-2H3,(H,16,17)(H,18,19). The Hall–Kier alpha value is -1.62. The second kappa shape index (κ2) is 6.70. The Morgan fingerprint density at radius 3 is 2.85 bits per heavy atom. The van der Waals surface area contributed by atoms with E-state index in [0.29, 0.717) is 19.0 Å². The highest BCUT2D eigenvalue weighted by atomic mass is 16.5. The molecule has 1 aliphatic carbocycles. The predicted octanol–water partition coefficient (Wildman–Crippen LogP) is 2.74. The molecule has 0 saturated heterocycles. The van der Waals surface area contributed by atoms with Gasteiger partial charge >= 0.3 is 5.97 Å². The van der Waals surface area contributed by atoms with Crippen molar-refractivity contribution >= 4 is 11.8 Å². The zero-order chi connectivity index (χ0) is 14.5. The molecule has 1 aromatic heterocycles. The molecule has 0 aromatic carbocycles. The minimum absolute atomic E-state index is 0.195. The maximum Gasteiger partial charge on any atom is 0.335 e. The van der Waals surface area contributed by atoms with Crippen LogP contribution in [0.4, 0.5) is 5.82 Å². The fourth-order valence-corrected chi connectivity index (χ4v) is 1.85. The number of aromatic nitrogens is 1. The second-order valence-corrected chi connectivity index (χ2v) is 5.57. The van der Waals surface area contributed by atoms with Gasteiger partial charge in [-0.05, 0) is 36.8 Å². The highest BCUT2D eigenvalue weighted by Crippen LogP contribution is 2.28. The minimum atomic E-state index is -0.928. The molecule has 0 aliphatic heterocycles. The van der Waals surface area contributed by atoms with Crippen LogP contribution in [0.5, 0.6) is 0 Å². The van der Waals surface area contributed by atoms with Crippen LogP contribution >= 0.6 is 0 Å². The molecule has 1 fully saturated rings. The maximum atomic E-state index is 11.1. The molecule has 1 heterocycles. The normalized spacial score (nSPS) is 14.6. The topological polar surface area (TPSA) is 71.5 Å². The fraction of sp³-hybridized carbons (Fsp3) is 0.600. The molecule has 0 atom stereocenters. The van der Waals surface area contributed by atoms with Crippen LogP contribution in [0, 0.1) is 5.92 Å². The average Bonchev–Trinajstić information content (AvgIpc) is 3.22. The van der Waals surface area contributed by atoms with Gasteiger partial charge in [0.15, 0.2) is 0 Å². The molecule has 5 nitrogen and oxygen atoms in total. The van der Waals surface area contributed by atoms with E-state index in [9.17, 15) is 4.79 Å². The van der Waals surface area contributed by atoms with Gasteiger partial charge in [0.05, 0.1) is 12.2 Å². The quantitative estimate of drug-likeness (QED) is 0.715. The van der Waals surface area contributed by atoms with Crippen LogP contribution in [-0.2, 0) is 4.74 Å². The zero-order valence-electron chi connectivity index (χ0n) is 12.1. The van der Waals surface area contributed by atoms with E-state index >= 15 is 0 Å². The first-order valence-corrected chi connectivity index (χ1v) is 7.13. The van der Waals surface area contributed by atoms with Gasteiger partial charge in [0.1, 0.15) is 5.82 Å². The predicted molar refractivity (Wildman–Crippen MR) is 77.3 cm³/mol. The van der Waals surface area contributed by atoms with E-state index in [2.05, 4.69) is 10.3 Å². The Bertz CT molecular complexity index is 470. The molecule has 20 heavy (non-hydrogen) atoms. The van der Waals surface area contributed by atoms with Crippen LogP contribution in [0.3, 0.4) is 0 Å². The van der Waals surface area contributed by atoms with Gasteiger partial charge in [-0.15, -0.1) is 0 Å². The van der Waals surface area contributed by atoms with Gasteiger partial charge in [0, 0.05) is 18.8 Å². The molecule has 0 radical (unpaired) electrons. The van der Waals surface area contributed by atoms with Gasteiger partial charge in [-0.3, -0.25) is 0 Å². The summed E-state index contributed by atoms with van der Waals surface area (Å²) in [5.41, 5.74) is 1.05. The van der Waals surface area contributed by atoms with Crippen molar-refractivity contribution < 1.29 is 14.6 Å². The lowest BCUT2D eigenvalue weighted by molar-refractivity contribution is 0.0696. The minimum Gasteiger partial charge on any atom is -0.478 e. The molecular weight excluding hydrogens is 256 g/mol. The van der Waals surface area contributed by atoms with E-state index in [4.69, 9.17) is 9.84 Å². The molecule has 1 aliphatic rings. The number of rotatable bonds is 8. The summed E-state index contributed by atoms with van der Waals surface area (Å²) in [7, 11) is 0. The summed E-state index contributed by atoms with van der Waals surface area (Å²) in [5.74, 6) is 0.628. The Balaban J connectivity index is 1.89. The number of pyridine rings is 1. The summed E-state index contributed by atoms with van der Waals surface area (Å²) in [6.07, 6.45) is 2.57. The third-order valence-electron chi connectivity index (χ3n) is 3.29. The maximum absolute atomic E-state index is 11.1.